The maximum absolute atomic E-state index is 13.2. The summed E-state index contributed by atoms with van der Waals surface area (Å²) >= 11 is 12.3. The number of halogens is 2. The van der Waals surface area contributed by atoms with Crippen molar-refractivity contribution in [2.24, 2.45) is 0 Å². The van der Waals surface area contributed by atoms with Gasteiger partial charge in [0.15, 0.2) is 0 Å². The first-order chi connectivity index (χ1) is 14.2. The molecule has 1 N–H and O–H groups in total. The van der Waals surface area contributed by atoms with Gasteiger partial charge in [0.25, 0.3) is 0 Å². The lowest BCUT2D eigenvalue weighted by molar-refractivity contribution is -0.140. The van der Waals surface area contributed by atoms with Crippen LogP contribution in [0.3, 0.4) is 0 Å². The van der Waals surface area contributed by atoms with Gasteiger partial charge >= 0.3 is 0 Å². The van der Waals surface area contributed by atoms with Crippen molar-refractivity contribution in [1.29, 1.82) is 0 Å². The number of nitrogens with zero attached hydrogens (tertiary/aromatic N) is 1. The normalized spacial score (nSPS) is 11.8. The van der Waals surface area contributed by atoms with Crippen LogP contribution in [0.25, 0.3) is 0 Å². The van der Waals surface area contributed by atoms with Gasteiger partial charge in [0.1, 0.15) is 6.04 Å². The van der Waals surface area contributed by atoms with Gasteiger partial charge < -0.3 is 10.2 Å². The molecule has 0 fully saturated rings. The van der Waals surface area contributed by atoms with Gasteiger partial charge in [-0.3, -0.25) is 9.59 Å². The Morgan fingerprint density at radius 2 is 1.80 bits per heavy atom. The van der Waals surface area contributed by atoms with Crippen molar-refractivity contribution in [3.05, 3.63) is 68.7 Å². The quantitative estimate of drug-likeness (QED) is 0.515. The van der Waals surface area contributed by atoms with Crippen molar-refractivity contribution < 1.29 is 9.59 Å². The van der Waals surface area contributed by atoms with Gasteiger partial charge in [-0.2, -0.15) is 0 Å². The van der Waals surface area contributed by atoms with Gasteiger partial charge in [-0.05, 0) is 61.6 Å². The van der Waals surface area contributed by atoms with Crippen molar-refractivity contribution in [2.75, 3.05) is 6.54 Å². The summed E-state index contributed by atoms with van der Waals surface area (Å²) in [6, 6.07) is 10.6. The summed E-state index contributed by atoms with van der Waals surface area (Å²) in [6.07, 6.45) is 2.11. The van der Waals surface area contributed by atoms with E-state index in [-0.39, 0.29) is 24.8 Å². The largest absolute Gasteiger partial charge is 0.354 e. The Kier molecular flexibility index (Phi) is 9.19. The van der Waals surface area contributed by atoms with Crippen molar-refractivity contribution in [3.63, 3.8) is 0 Å². The highest BCUT2D eigenvalue weighted by Crippen LogP contribution is 2.24. The monoisotopic (exact) mass is 448 g/mol. The number of hydrogen-bond acceptors (Lipinski definition) is 2. The van der Waals surface area contributed by atoms with Gasteiger partial charge in [-0.1, -0.05) is 60.8 Å². The van der Waals surface area contributed by atoms with Gasteiger partial charge in [0.05, 0.1) is 6.42 Å². The van der Waals surface area contributed by atoms with Crippen molar-refractivity contribution >= 4 is 35.0 Å². The van der Waals surface area contributed by atoms with Crippen LogP contribution in [0.5, 0.6) is 0 Å². The highest BCUT2D eigenvalue weighted by Gasteiger charge is 2.26. The second-order valence-electron chi connectivity index (χ2n) is 7.67. The summed E-state index contributed by atoms with van der Waals surface area (Å²) < 4.78 is 0. The predicted octanol–water partition coefficient (Wildman–Crippen LogP) is 5.49. The summed E-state index contributed by atoms with van der Waals surface area (Å²) in [7, 11) is 0. The number of unbranched alkanes of at least 4 members (excludes halogenated alkanes) is 1. The number of aryl methyl sites for hydroxylation is 2. The van der Waals surface area contributed by atoms with Crippen LogP contribution in [0.2, 0.25) is 10.0 Å². The van der Waals surface area contributed by atoms with E-state index in [4.69, 9.17) is 23.2 Å². The Morgan fingerprint density at radius 3 is 2.43 bits per heavy atom. The molecule has 0 radical (unpaired) electrons. The van der Waals surface area contributed by atoms with Crippen LogP contribution in [-0.4, -0.2) is 29.3 Å². The Hall–Kier alpha value is -2.04. The van der Waals surface area contributed by atoms with Crippen molar-refractivity contribution in [1.82, 2.24) is 10.2 Å². The van der Waals surface area contributed by atoms with Gasteiger partial charge in [0.2, 0.25) is 11.8 Å². The molecule has 1 atom stereocenters. The fourth-order valence-corrected chi connectivity index (χ4v) is 3.61. The third kappa shape index (κ3) is 6.75. The van der Waals surface area contributed by atoms with Crippen LogP contribution in [0.1, 0.15) is 48.9 Å². The first-order valence-corrected chi connectivity index (χ1v) is 11.1. The number of carbonyl (C=O) groups is 2. The average Bonchev–Trinajstić information content (AvgIpc) is 2.69. The SMILES string of the molecule is CCCCNC(=O)[C@H](C)N(Cc1ccc(Cl)cc1Cl)C(=O)Cc1ccc(C)c(C)c1. The maximum atomic E-state index is 13.2. The molecule has 2 amide bonds. The number of carbonyl (C=O) groups excluding carboxylic acids is 2. The Balaban J connectivity index is 2.25. The summed E-state index contributed by atoms with van der Waals surface area (Å²) in [5.74, 6) is -0.288. The molecule has 0 bridgehead atoms. The molecular formula is C24H30Cl2N2O2. The lowest BCUT2D eigenvalue weighted by Gasteiger charge is -2.29. The molecule has 0 aromatic heterocycles. The molecule has 30 heavy (non-hydrogen) atoms. The zero-order valence-electron chi connectivity index (χ0n) is 18.1. The third-order valence-electron chi connectivity index (χ3n) is 5.28. The highest BCUT2D eigenvalue weighted by atomic mass is 35.5. The van der Waals surface area contributed by atoms with E-state index >= 15 is 0 Å². The third-order valence-corrected chi connectivity index (χ3v) is 5.87. The minimum Gasteiger partial charge on any atom is -0.354 e. The summed E-state index contributed by atoms with van der Waals surface area (Å²) in [4.78, 5) is 27.5. The van der Waals surface area contributed by atoms with E-state index in [9.17, 15) is 9.59 Å². The zero-order valence-corrected chi connectivity index (χ0v) is 19.6. The molecule has 4 nitrogen and oxygen atoms in total. The van der Waals surface area contributed by atoms with Gasteiger partial charge in [-0.25, -0.2) is 0 Å². The van der Waals surface area contributed by atoms with E-state index in [1.165, 1.54) is 5.56 Å². The molecule has 6 heteroatoms. The van der Waals surface area contributed by atoms with E-state index in [0.29, 0.717) is 16.6 Å². The van der Waals surface area contributed by atoms with Crippen molar-refractivity contribution in [2.45, 2.75) is 59.5 Å². The molecule has 2 aromatic rings. The summed E-state index contributed by atoms with van der Waals surface area (Å²) in [6.45, 7) is 8.72. The van der Waals surface area contributed by atoms with Gasteiger partial charge in [-0.15, -0.1) is 0 Å². The molecule has 0 saturated carbocycles. The number of amides is 2. The molecule has 2 aromatic carbocycles. The van der Waals surface area contributed by atoms with Gasteiger partial charge in [0, 0.05) is 23.1 Å². The van der Waals surface area contributed by atoms with Crippen LogP contribution >= 0.6 is 23.2 Å². The van der Waals surface area contributed by atoms with Crippen LogP contribution < -0.4 is 5.32 Å². The minimum absolute atomic E-state index is 0.123. The van der Waals surface area contributed by atoms with Crippen LogP contribution in [-0.2, 0) is 22.6 Å². The molecule has 0 aliphatic carbocycles. The lowest BCUT2D eigenvalue weighted by Crippen LogP contribution is -2.48. The second-order valence-corrected chi connectivity index (χ2v) is 8.52. The fourth-order valence-electron chi connectivity index (χ4n) is 3.14. The lowest BCUT2D eigenvalue weighted by atomic mass is 10.0. The number of rotatable bonds is 9. The predicted molar refractivity (Wildman–Crippen MR) is 124 cm³/mol. The van der Waals surface area contributed by atoms with Crippen molar-refractivity contribution in [3.8, 4) is 0 Å². The topological polar surface area (TPSA) is 49.4 Å². The second kappa shape index (κ2) is 11.4. The smallest absolute Gasteiger partial charge is 0.242 e. The number of hydrogen-bond donors (Lipinski definition) is 1. The molecule has 0 heterocycles. The fraction of sp³-hybridized carbons (Fsp3) is 0.417. The Bertz CT molecular complexity index is 899. The summed E-state index contributed by atoms with van der Waals surface area (Å²) in [5.41, 5.74) is 3.99. The van der Waals surface area contributed by atoms with Crippen LogP contribution in [0.4, 0.5) is 0 Å². The molecule has 0 unspecified atom stereocenters. The molecular weight excluding hydrogens is 419 g/mol. The molecule has 0 spiro atoms. The molecule has 0 saturated heterocycles. The molecule has 162 valence electrons. The Morgan fingerprint density at radius 1 is 1.07 bits per heavy atom. The standard InChI is InChI=1S/C24H30Cl2N2O2/c1-5-6-11-27-24(30)18(4)28(15-20-9-10-21(25)14-22(20)26)23(29)13-19-8-7-16(2)17(3)12-19/h7-10,12,14,18H,5-6,11,13,15H2,1-4H3,(H,27,30)/t18-/m0/s1. The van der Waals surface area contributed by atoms with E-state index in [2.05, 4.69) is 12.2 Å². The van der Waals surface area contributed by atoms with E-state index in [1.807, 2.05) is 32.0 Å². The van der Waals surface area contributed by atoms with E-state index in [1.54, 1.807) is 30.0 Å². The number of nitrogens with one attached hydrogen (secondary N) is 1. The first-order valence-electron chi connectivity index (χ1n) is 10.3. The number of benzene rings is 2. The molecule has 0 aliphatic rings. The zero-order chi connectivity index (χ0) is 22.3. The van der Waals surface area contributed by atoms with Crippen LogP contribution in [0, 0.1) is 13.8 Å². The summed E-state index contributed by atoms with van der Waals surface area (Å²) in [5, 5.41) is 3.93. The molecule has 2 rings (SSSR count). The van der Waals surface area contributed by atoms with E-state index < -0.39 is 6.04 Å². The average molecular weight is 449 g/mol. The Labute approximate surface area is 189 Å². The highest BCUT2D eigenvalue weighted by molar-refractivity contribution is 6.35. The first kappa shape index (κ1) is 24.2. The maximum Gasteiger partial charge on any atom is 0.242 e. The minimum atomic E-state index is -0.618. The van der Waals surface area contributed by atoms with E-state index in [0.717, 1.165) is 29.5 Å². The molecule has 0 aliphatic heterocycles. The van der Waals surface area contributed by atoms with Crippen LogP contribution in [0.15, 0.2) is 36.4 Å².